The van der Waals surface area contributed by atoms with Crippen molar-refractivity contribution in [1.82, 2.24) is 10.2 Å². The van der Waals surface area contributed by atoms with Crippen molar-refractivity contribution in [3.8, 4) is 0 Å². The quantitative estimate of drug-likeness (QED) is 0.702. The Kier molecular flexibility index (Phi) is 7.76. The summed E-state index contributed by atoms with van der Waals surface area (Å²) in [6, 6.07) is 13.2. The van der Waals surface area contributed by atoms with Gasteiger partial charge in [-0.3, -0.25) is 4.79 Å². The van der Waals surface area contributed by atoms with E-state index < -0.39 is 6.09 Å². The smallest absolute Gasteiger partial charge is 0.407 e. The molecule has 134 valence electrons. The molecule has 0 bridgehead atoms. The molecule has 5 nitrogen and oxygen atoms in total. The van der Waals surface area contributed by atoms with Crippen molar-refractivity contribution in [2.24, 2.45) is 0 Å². The first kappa shape index (κ1) is 19.3. The van der Waals surface area contributed by atoms with Gasteiger partial charge in [-0.15, -0.1) is 11.3 Å². The number of hydrogen-bond donors (Lipinski definition) is 1. The molecule has 25 heavy (non-hydrogen) atoms. The Balaban J connectivity index is 1.58. The minimum Gasteiger partial charge on any atom is -0.445 e. The molecule has 0 aliphatic carbocycles. The number of ether oxygens (including phenoxy) is 1. The number of nitrogens with zero attached hydrogens (tertiary/aromatic N) is 1. The van der Waals surface area contributed by atoms with Gasteiger partial charge < -0.3 is 15.0 Å². The molecule has 1 aromatic carbocycles. The number of rotatable bonds is 8. The SMILES string of the molecule is CN(Cc1ccc(Cl)s1)C(=O)CCCNC(=O)OCc1ccccc1. The molecular formula is C18H21ClN2O3S. The molecule has 0 fully saturated rings. The molecule has 0 aliphatic rings. The van der Waals surface area contributed by atoms with Crippen LogP contribution < -0.4 is 5.32 Å². The molecule has 1 N–H and O–H groups in total. The van der Waals surface area contributed by atoms with Gasteiger partial charge in [-0.2, -0.15) is 0 Å². The molecule has 0 radical (unpaired) electrons. The average molecular weight is 381 g/mol. The highest BCUT2D eigenvalue weighted by molar-refractivity contribution is 7.16. The van der Waals surface area contributed by atoms with Crippen molar-refractivity contribution >= 4 is 34.9 Å². The second-order valence-corrected chi connectivity index (χ2v) is 7.35. The van der Waals surface area contributed by atoms with E-state index in [-0.39, 0.29) is 12.5 Å². The number of benzene rings is 1. The number of carbonyl (C=O) groups is 2. The van der Waals surface area contributed by atoms with Crippen LogP contribution in [0.2, 0.25) is 4.34 Å². The van der Waals surface area contributed by atoms with Crippen LogP contribution in [0.25, 0.3) is 0 Å². The van der Waals surface area contributed by atoms with Crippen LogP contribution in [0.15, 0.2) is 42.5 Å². The largest absolute Gasteiger partial charge is 0.445 e. The molecule has 2 rings (SSSR count). The Bertz CT molecular complexity index is 691. The summed E-state index contributed by atoms with van der Waals surface area (Å²) in [7, 11) is 1.76. The van der Waals surface area contributed by atoms with E-state index in [9.17, 15) is 9.59 Å². The zero-order chi connectivity index (χ0) is 18.1. The summed E-state index contributed by atoms with van der Waals surface area (Å²) in [5, 5.41) is 2.65. The summed E-state index contributed by atoms with van der Waals surface area (Å²) in [6.45, 7) is 1.18. The highest BCUT2D eigenvalue weighted by Crippen LogP contribution is 2.22. The molecule has 2 aromatic rings. The Morgan fingerprint density at radius 1 is 1.20 bits per heavy atom. The van der Waals surface area contributed by atoms with Crippen LogP contribution in [0.1, 0.15) is 23.3 Å². The summed E-state index contributed by atoms with van der Waals surface area (Å²) >= 11 is 7.35. The van der Waals surface area contributed by atoms with Crippen molar-refractivity contribution in [3.05, 3.63) is 57.2 Å². The van der Waals surface area contributed by atoms with Gasteiger partial charge >= 0.3 is 6.09 Å². The molecule has 7 heteroatoms. The summed E-state index contributed by atoms with van der Waals surface area (Å²) in [6.07, 6.45) is 0.460. The zero-order valence-electron chi connectivity index (χ0n) is 14.0. The van der Waals surface area contributed by atoms with Crippen LogP contribution in [-0.2, 0) is 22.7 Å². The third-order valence-electron chi connectivity index (χ3n) is 3.50. The molecular weight excluding hydrogens is 360 g/mol. The fourth-order valence-corrected chi connectivity index (χ4v) is 3.29. The van der Waals surface area contributed by atoms with Gasteiger partial charge in [0.15, 0.2) is 0 Å². The monoisotopic (exact) mass is 380 g/mol. The number of hydrogen-bond acceptors (Lipinski definition) is 4. The topological polar surface area (TPSA) is 58.6 Å². The Labute approximate surface area is 156 Å². The van der Waals surface area contributed by atoms with Gasteiger partial charge in [0.05, 0.1) is 10.9 Å². The van der Waals surface area contributed by atoms with E-state index in [2.05, 4.69) is 5.32 Å². The third-order valence-corrected chi connectivity index (χ3v) is 4.71. The minimum absolute atomic E-state index is 0.0315. The van der Waals surface area contributed by atoms with Crippen LogP contribution >= 0.6 is 22.9 Å². The summed E-state index contributed by atoms with van der Waals surface area (Å²) < 4.78 is 5.82. The maximum absolute atomic E-state index is 12.1. The van der Waals surface area contributed by atoms with Crippen LogP contribution in [0.5, 0.6) is 0 Å². The van der Waals surface area contributed by atoms with E-state index in [1.165, 1.54) is 11.3 Å². The second kappa shape index (κ2) is 10.1. The molecule has 0 unspecified atom stereocenters. The lowest BCUT2D eigenvalue weighted by Gasteiger charge is -2.16. The van der Waals surface area contributed by atoms with Crippen molar-refractivity contribution < 1.29 is 14.3 Å². The maximum Gasteiger partial charge on any atom is 0.407 e. The number of amides is 2. The predicted octanol–water partition coefficient (Wildman–Crippen LogP) is 4.07. The number of halogens is 1. The molecule has 1 heterocycles. The van der Waals surface area contributed by atoms with Gasteiger partial charge in [-0.05, 0) is 24.1 Å². The van der Waals surface area contributed by atoms with Crippen molar-refractivity contribution in [1.29, 1.82) is 0 Å². The molecule has 0 saturated carbocycles. The Morgan fingerprint density at radius 2 is 1.96 bits per heavy atom. The van der Waals surface area contributed by atoms with Gasteiger partial charge in [0.1, 0.15) is 6.61 Å². The Hall–Kier alpha value is -2.05. The highest BCUT2D eigenvalue weighted by Gasteiger charge is 2.10. The van der Waals surface area contributed by atoms with Crippen molar-refractivity contribution in [2.75, 3.05) is 13.6 Å². The third kappa shape index (κ3) is 7.15. The fourth-order valence-electron chi connectivity index (χ4n) is 2.15. The van der Waals surface area contributed by atoms with E-state index in [1.54, 1.807) is 11.9 Å². The summed E-state index contributed by atoms with van der Waals surface area (Å²) in [4.78, 5) is 26.4. The van der Waals surface area contributed by atoms with Gasteiger partial charge in [-0.25, -0.2) is 4.79 Å². The standard InChI is InChI=1S/C18H21ClN2O3S/c1-21(12-15-9-10-16(19)25-15)17(22)8-5-11-20-18(23)24-13-14-6-3-2-4-7-14/h2-4,6-7,9-10H,5,8,11-13H2,1H3,(H,20,23). The first-order chi connectivity index (χ1) is 12.0. The van der Waals surface area contributed by atoms with E-state index in [1.807, 2.05) is 42.5 Å². The molecule has 1 aromatic heterocycles. The normalized spacial score (nSPS) is 10.3. The number of alkyl carbamates (subject to hydrolysis) is 1. The van der Waals surface area contributed by atoms with E-state index in [4.69, 9.17) is 16.3 Å². The van der Waals surface area contributed by atoms with Crippen molar-refractivity contribution in [2.45, 2.75) is 26.0 Å². The van der Waals surface area contributed by atoms with Crippen LogP contribution in [0.4, 0.5) is 4.79 Å². The van der Waals surface area contributed by atoms with Gasteiger partial charge in [0, 0.05) is 24.9 Å². The van der Waals surface area contributed by atoms with E-state index >= 15 is 0 Å². The first-order valence-corrected chi connectivity index (χ1v) is 9.17. The van der Waals surface area contributed by atoms with E-state index in [0.717, 1.165) is 10.4 Å². The fraction of sp³-hybridized carbons (Fsp3) is 0.333. The maximum atomic E-state index is 12.1. The van der Waals surface area contributed by atoms with Gasteiger partial charge in [-0.1, -0.05) is 41.9 Å². The number of thiophene rings is 1. The molecule has 0 aliphatic heterocycles. The molecule has 0 spiro atoms. The highest BCUT2D eigenvalue weighted by atomic mass is 35.5. The lowest BCUT2D eigenvalue weighted by Crippen LogP contribution is -2.28. The zero-order valence-corrected chi connectivity index (χ0v) is 15.6. The van der Waals surface area contributed by atoms with Crippen LogP contribution in [0, 0.1) is 0 Å². The Morgan fingerprint density at radius 3 is 2.64 bits per heavy atom. The molecule has 0 saturated heterocycles. The molecule has 2 amide bonds. The van der Waals surface area contributed by atoms with Crippen LogP contribution in [-0.4, -0.2) is 30.5 Å². The average Bonchev–Trinajstić information content (AvgIpc) is 3.02. The number of nitrogens with one attached hydrogen (secondary N) is 1. The summed E-state index contributed by atoms with van der Waals surface area (Å²) in [5.74, 6) is 0.0315. The lowest BCUT2D eigenvalue weighted by atomic mass is 10.2. The van der Waals surface area contributed by atoms with Gasteiger partial charge in [0.2, 0.25) is 5.91 Å². The number of carbonyl (C=O) groups excluding carboxylic acids is 2. The molecule has 0 atom stereocenters. The van der Waals surface area contributed by atoms with Crippen molar-refractivity contribution in [3.63, 3.8) is 0 Å². The first-order valence-electron chi connectivity index (χ1n) is 7.97. The summed E-state index contributed by atoms with van der Waals surface area (Å²) in [5.41, 5.74) is 0.933. The minimum atomic E-state index is -0.474. The van der Waals surface area contributed by atoms with E-state index in [0.29, 0.717) is 30.3 Å². The second-order valence-electron chi connectivity index (χ2n) is 5.55. The van der Waals surface area contributed by atoms with Gasteiger partial charge in [0.25, 0.3) is 0 Å². The van der Waals surface area contributed by atoms with Crippen LogP contribution in [0.3, 0.4) is 0 Å². The lowest BCUT2D eigenvalue weighted by molar-refractivity contribution is -0.130. The predicted molar refractivity (Wildman–Crippen MR) is 99.7 cm³/mol.